The Bertz CT molecular complexity index is 1090. The zero-order valence-electron chi connectivity index (χ0n) is 21.4. The second-order valence-electron chi connectivity index (χ2n) is 10.9. The van der Waals surface area contributed by atoms with Gasteiger partial charge in [-0.1, -0.05) is 56.4 Å². The van der Waals surface area contributed by atoms with Crippen molar-refractivity contribution in [2.75, 3.05) is 13.1 Å². The van der Waals surface area contributed by atoms with Crippen molar-refractivity contribution >= 4 is 6.09 Å². The summed E-state index contributed by atoms with van der Waals surface area (Å²) in [4.78, 5) is 15.5. The average Bonchev–Trinajstić information content (AvgIpc) is 3.08. The predicted molar refractivity (Wildman–Crippen MR) is 134 cm³/mol. The lowest BCUT2D eigenvalue weighted by molar-refractivity contribution is -0.274. The molecule has 2 aromatic carbocycles. The van der Waals surface area contributed by atoms with Crippen LogP contribution in [-0.2, 0) is 17.7 Å². The first-order valence-corrected chi connectivity index (χ1v) is 13.5. The van der Waals surface area contributed by atoms with Gasteiger partial charge >= 0.3 is 12.5 Å². The first kappa shape index (κ1) is 26.8. The fraction of sp³-hybridized carbons (Fsp3) is 0.552. The summed E-state index contributed by atoms with van der Waals surface area (Å²) in [7, 11) is 0. The minimum atomic E-state index is -4.77. The van der Waals surface area contributed by atoms with Gasteiger partial charge in [0.25, 0.3) is 0 Å². The Balaban J connectivity index is 1.53. The summed E-state index contributed by atoms with van der Waals surface area (Å²) >= 11 is 0. The van der Waals surface area contributed by atoms with Gasteiger partial charge in [0.2, 0.25) is 0 Å². The van der Waals surface area contributed by atoms with Crippen LogP contribution >= 0.6 is 0 Å². The maximum absolute atomic E-state index is 13.8. The van der Waals surface area contributed by atoms with E-state index in [1.165, 1.54) is 30.7 Å². The number of carbonyl (C=O) groups is 1. The van der Waals surface area contributed by atoms with Gasteiger partial charge in [0.1, 0.15) is 17.2 Å². The van der Waals surface area contributed by atoms with Crippen LogP contribution in [-0.4, -0.2) is 41.6 Å². The second kappa shape index (κ2) is 10.8. The van der Waals surface area contributed by atoms with Crippen molar-refractivity contribution < 1.29 is 31.8 Å². The van der Waals surface area contributed by atoms with E-state index < -0.39 is 23.6 Å². The zero-order valence-corrected chi connectivity index (χ0v) is 21.4. The van der Waals surface area contributed by atoms with Crippen LogP contribution in [0.1, 0.15) is 62.5 Å². The maximum atomic E-state index is 13.8. The Morgan fingerprint density at radius 2 is 1.58 bits per heavy atom. The highest BCUT2D eigenvalue weighted by atomic mass is 19.4. The third-order valence-corrected chi connectivity index (χ3v) is 8.54. The van der Waals surface area contributed by atoms with Gasteiger partial charge in [-0.15, -0.1) is 13.2 Å². The molecule has 1 atom stereocenters. The van der Waals surface area contributed by atoms with Crippen LogP contribution in [0.3, 0.4) is 0 Å². The van der Waals surface area contributed by atoms with Crippen molar-refractivity contribution in [2.24, 2.45) is 5.92 Å². The van der Waals surface area contributed by atoms with Crippen molar-refractivity contribution in [3.8, 4) is 5.75 Å². The van der Waals surface area contributed by atoms with E-state index in [4.69, 9.17) is 4.74 Å². The van der Waals surface area contributed by atoms with Crippen LogP contribution < -0.4 is 10.1 Å². The van der Waals surface area contributed by atoms with Crippen LogP contribution in [0.25, 0.3) is 0 Å². The van der Waals surface area contributed by atoms with Crippen LogP contribution in [0.4, 0.5) is 22.4 Å². The first-order valence-electron chi connectivity index (χ1n) is 13.5. The number of hydrogen-bond acceptors (Lipinski definition) is 4. The lowest BCUT2D eigenvalue weighted by atomic mass is 9.64. The van der Waals surface area contributed by atoms with Crippen molar-refractivity contribution in [1.29, 1.82) is 0 Å². The number of piperidine rings is 1. The first-order chi connectivity index (χ1) is 18.2. The summed E-state index contributed by atoms with van der Waals surface area (Å²) in [6.07, 6.45) is 3.15. The lowest BCUT2D eigenvalue weighted by Gasteiger charge is -2.50. The average molecular weight is 535 g/mol. The van der Waals surface area contributed by atoms with Gasteiger partial charge in [0, 0.05) is 19.4 Å². The number of alkyl halides is 3. The normalized spacial score (nSPS) is 24.0. The predicted octanol–water partition coefficient (Wildman–Crippen LogP) is 6.75. The topological polar surface area (TPSA) is 50.8 Å². The second-order valence-corrected chi connectivity index (χ2v) is 10.9. The number of ether oxygens (including phenoxy) is 2. The molecule has 0 aromatic heterocycles. The minimum Gasteiger partial charge on any atom is -0.440 e. The molecule has 3 aliphatic rings. The lowest BCUT2D eigenvalue weighted by Crippen LogP contribution is -2.63. The molecule has 5 nitrogen and oxygen atoms in total. The summed E-state index contributed by atoms with van der Waals surface area (Å²) in [6, 6.07) is 12.1. The Kier molecular flexibility index (Phi) is 7.58. The largest absolute Gasteiger partial charge is 0.573 e. The molecule has 1 aliphatic carbocycles. The molecule has 1 amide bonds. The van der Waals surface area contributed by atoms with E-state index in [9.17, 15) is 22.4 Å². The van der Waals surface area contributed by atoms with Gasteiger partial charge < -0.3 is 14.8 Å². The Morgan fingerprint density at radius 1 is 0.947 bits per heavy atom. The molecule has 2 heterocycles. The summed E-state index contributed by atoms with van der Waals surface area (Å²) in [6.45, 7) is 1.65. The summed E-state index contributed by atoms with van der Waals surface area (Å²) in [5, 5.41) is 3.39. The minimum absolute atomic E-state index is 0.203. The van der Waals surface area contributed by atoms with Crippen molar-refractivity contribution in [1.82, 2.24) is 10.2 Å². The van der Waals surface area contributed by atoms with E-state index in [0.717, 1.165) is 50.8 Å². The number of carbonyl (C=O) groups excluding carboxylic acids is 1. The van der Waals surface area contributed by atoms with Crippen LogP contribution in [0.2, 0.25) is 0 Å². The van der Waals surface area contributed by atoms with E-state index in [0.29, 0.717) is 30.7 Å². The summed E-state index contributed by atoms with van der Waals surface area (Å²) in [5.74, 6) is -0.196. The van der Waals surface area contributed by atoms with Gasteiger partial charge in [0.15, 0.2) is 0 Å². The molecule has 9 heteroatoms. The van der Waals surface area contributed by atoms with E-state index in [1.807, 2.05) is 4.90 Å². The van der Waals surface area contributed by atoms with E-state index in [1.54, 1.807) is 24.3 Å². The molecular formula is C29H34F4N2O3. The molecule has 206 valence electrons. The number of rotatable bonds is 7. The van der Waals surface area contributed by atoms with Crippen LogP contribution in [0.5, 0.6) is 5.75 Å². The standard InChI is InChI=1S/C29H34F4N2O3/c30-24-10-6-22(7-11-24)19-27(18-21-4-2-1-3-5-21)28(14-16-34-17-15-28)38-26(36)35(27)20-23-8-12-25(13-9-23)37-29(31,32)33/h6-13,21,34H,1-5,14-20H2. The van der Waals surface area contributed by atoms with Gasteiger partial charge in [-0.05, 0) is 67.2 Å². The highest BCUT2D eigenvalue weighted by Crippen LogP contribution is 2.52. The van der Waals surface area contributed by atoms with E-state index in [2.05, 4.69) is 10.1 Å². The fourth-order valence-corrected chi connectivity index (χ4v) is 6.76. The van der Waals surface area contributed by atoms with Crippen molar-refractivity contribution in [2.45, 2.75) is 81.8 Å². The molecule has 2 aromatic rings. The zero-order chi connectivity index (χ0) is 26.8. The number of nitrogens with zero attached hydrogens (tertiary/aromatic N) is 1. The quantitative estimate of drug-likeness (QED) is 0.399. The molecule has 1 saturated carbocycles. The molecule has 1 N–H and O–H groups in total. The molecule has 2 aliphatic heterocycles. The third kappa shape index (κ3) is 5.63. The molecule has 38 heavy (non-hydrogen) atoms. The Morgan fingerprint density at radius 3 is 2.21 bits per heavy atom. The molecule has 0 bridgehead atoms. The smallest absolute Gasteiger partial charge is 0.440 e. The molecule has 1 spiro atoms. The molecular weight excluding hydrogens is 500 g/mol. The third-order valence-electron chi connectivity index (χ3n) is 8.54. The van der Waals surface area contributed by atoms with Crippen molar-refractivity contribution in [3.63, 3.8) is 0 Å². The van der Waals surface area contributed by atoms with Crippen molar-refractivity contribution in [3.05, 3.63) is 65.5 Å². The number of nitrogens with one attached hydrogen (secondary N) is 1. The Hall–Kier alpha value is -2.81. The highest BCUT2D eigenvalue weighted by molar-refractivity contribution is 5.73. The molecule has 1 unspecified atom stereocenters. The molecule has 0 radical (unpaired) electrons. The van der Waals surface area contributed by atoms with E-state index in [-0.39, 0.29) is 18.1 Å². The summed E-state index contributed by atoms with van der Waals surface area (Å²) in [5.41, 5.74) is 0.236. The van der Waals surface area contributed by atoms with Gasteiger partial charge in [-0.25, -0.2) is 9.18 Å². The number of hydrogen-bond donors (Lipinski definition) is 1. The van der Waals surface area contributed by atoms with Crippen LogP contribution in [0, 0.1) is 11.7 Å². The van der Waals surface area contributed by atoms with Crippen LogP contribution in [0.15, 0.2) is 48.5 Å². The Labute approximate surface area is 220 Å². The molecule has 3 fully saturated rings. The number of amides is 1. The summed E-state index contributed by atoms with van der Waals surface area (Å²) < 4.78 is 62.1. The molecule has 2 saturated heterocycles. The van der Waals surface area contributed by atoms with Gasteiger partial charge in [-0.2, -0.15) is 0 Å². The fourth-order valence-electron chi connectivity index (χ4n) is 6.76. The van der Waals surface area contributed by atoms with E-state index >= 15 is 0 Å². The molecule has 5 rings (SSSR count). The number of benzene rings is 2. The van der Waals surface area contributed by atoms with Gasteiger partial charge in [0.05, 0.1) is 5.54 Å². The highest BCUT2D eigenvalue weighted by Gasteiger charge is 2.64. The number of halogens is 4. The maximum Gasteiger partial charge on any atom is 0.573 e. The monoisotopic (exact) mass is 534 g/mol. The van der Waals surface area contributed by atoms with Gasteiger partial charge in [-0.3, -0.25) is 4.90 Å². The SMILES string of the molecule is O=C1OC2(CCNCC2)C(Cc2ccc(F)cc2)(CC2CCCCC2)N1Cc1ccc(OC(F)(F)F)cc1.